The van der Waals surface area contributed by atoms with Crippen LogP contribution in [0.1, 0.15) is 0 Å². The lowest BCUT2D eigenvalue weighted by atomic mass is 10.0. The normalized spacial score (nSPS) is 10.7. The van der Waals surface area contributed by atoms with Crippen LogP contribution < -0.4 is 18.9 Å². The van der Waals surface area contributed by atoms with Crippen LogP contribution in [0.15, 0.2) is 39.5 Å². The van der Waals surface area contributed by atoms with Crippen LogP contribution in [0, 0.1) is 0 Å². The van der Waals surface area contributed by atoms with Crippen molar-refractivity contribution >= 4 is 31.9 Å². The summed E-state index contributed by atoms with van der Waals surface area (Å²) < 4.78 is 25.5. The zero-order valence-corrected chi connectivity index (χ0v) is 19.3. The van der Waals surface area contributed by atoms with Crippen molar-refractivity contribution in [2.24, 2.45) is 7.05 Å². The minimum Gasteiger partial charge on any atom is -0.495 e. The highest BCUT2D eigenvalue weighted by molar-refractivity contribution is 9.11. The Morgan fingerprint density at radius 3 is 1.96 bits per heavy atom. The van der Waals surface area contributed by atoms with Crippen molar-refractivity contribution in [3.8, 4) is 45.5 Å². The Hall–Kier alpha value is -2.19. The summed E-state index contributed by atoms with van der Waals surface area (Å²) >= 11 is 7.08. The van der Waals surface area contributed by atoms with Crippen LogP contribution in [-0.4, -0.2) is 38.0 Å². The zero-order valence-electron chi connectivity index (χ0n) is 16.2. The van der Waals surface area contributed by atoms with E-state index in [4.69, 9.17) is 18.9 Å². The average Bonchev–Trinajstić information content (AvgIpc) is 3.09. The zero-order chi connectivity index (χ0) is 20.4. The van der Waals surface area contributed by atoms with E-state index in [0.717, 1.165) is 31.5 Å². The molecule has 3 rings (SSSR count). The number of rotatable bonds is 6. The number of nitrogens with zero attached hydrogens (tertiary/aromatic N) is 2. The molecule has 0 saturated carbocycles. The third kappa shape index (κ3) is 3.46. The molecule has 0 spiro atoms. The molecule has 148 valence electrons. The van der Waals surface area contributed by atoms with Crippen molar-refractivity contribution in [3.63, 3.8) is 0 Å². The van der Waals surface area contributed by atoms with Crippen LogP contribution in [-0.2, 0) is 7.05 Å². The predicted molar refractivity (Wildman–Crippen MR) is 116 cm³/mol. The first-order chi connectivity index (χ1) is 13.5. The van der Waals surface area contributed by atoms with Gasteiger partial charge in [-0.05, 0) is 56.1 Å². The topological polar surface area (TPSA) is 54.7 Å². The fourth-order valence-corrected chi connectivity index (χ4v) is 4.27. The summed E-state index contributed by atoms with van der Waals surface area (Å²) in [6, 6.07) is 7.69. The maximum absolute atomic E-state index is 5.67. The van der Waals surface area contributed by atoms with Crippen molar-refractivity contribution in [3.05, 3.63) is 39.5 Å². The Kier molecular flexibility index (Phi) is 6.20. The van der Waals surface area contributed by atoms with Gasteiger partial charge in [-0.15, -0.1) is 0 Å². The molecule has 6 nitrogen and oxygen atoms in total. The lowest BCUT2D eigenvalue weighted by molar-refractivity contribution is 0.390. The highest BCUT2D eigenvalue weighted by atomic mass is 79.9. The molecule has 28 heavy (non-hydrogen) atoms. The van der Waals surface area contributed by atoms with Crippen LogP contribution in [0.3, 0.4) is 0 Å². The van der Waals surface area contributed by atoms with Crippen LogP contribution in [0.2, 0.25) is 0 Å². The van der Waals surface area contributed by atoms with Crippen molar-refractivity contribution in [2.45, 2.75) is 0 Å². The molecule has 0 N–H and O–H groups in total. The molecule has 8 heteroatoms. The van der Waals surface area contributed by atoms with Gasteiger partial charge in [-0.2, -0.15) is 0 Å². The van der Waals surface area contributed by atoms with Gasteiger partial charge in [0.15, 0.2) is 0 Å². The second kappa shape index (κ2) is 8.45. The smallest absolute Gasteiger partial charge is 0.146 e. The monoisotopic (exact) mass is 510 g/mol. The van der Waals surface area contributed by atoms with E-state index < -0.39 is 0 Å². The molecule has 2 aromatic carbocycles. The van der Waals surface area contributed by atoms with Crippen molar-refractivity contribution in [2.75, 3.05) is 28.4 Å². The highest BCUT2D eigenvalue weighted by Gasteiger charge is 2.22. The van der Waals surface area contributed by atoms with Crippen LogP contribution in [0.5, 0.6) is 23.0 Å². The van der Waals surface area contributed by atoms with Gasteiger partial charge in [0.25, 0.3) is 0 Å². The number of benzene rings is 2. The number of hydrogen-bond donors (Lipinski definition) is 0. The van der Waals surface area contributed by atoms with Gasteiger partial charge < -0.3 is 23.5 Å². The molecule has 0 aliphatic rings. The molecular weight excluding hydrogens is 492 g/mol. The van der Waals surface area contributed by atoms with Gasteiger partial charge in [-0.3, -0.25) is 0 Å². The van der Waals surface area contributed by atoms with Crippen molar-refractivity contribution in [1.82, 2.24) is 9.55 Å². The third-order valence-electron chi connectivity index (χ3n) is 4.40. The Balaban J connectivity index is 2.27. The van der Waals surface area contributed by atoms with E-state index in [-0.39, 0.29) is 0 Å². The minimum absolute atomic E-state index is 0.661. The van der Waals surface area contributed by atoms with Gasteiger partial charge in [0, 0.05) is 18.2 Å². The summed E-state index contributed by atoms with van der Waals surface area (Å²) in [5, 5.41) is 0. The molecule has 0 saturated heterocycles. The largest absolute Gasteiger partial charge is 0.495 e. The lowest BCUT2D eigenvalue weighted by Gasteiger charge is -2.16. The summed E-state index contributed by atoms with van der Waals surface area (Å²) in [5.74, 6) is 2.68. The second-order valence-corrected chi connectivity index (χ2v) is 7.50. The van der Waals surface area contributed by atoms with E-state index in [1.807, 2.05) is 35.9 Å². The van der Waals surface area contributed by atoms with Gasteiger partial charge in [-0.25, -0.2) is 4.98 Å². The molecule has 0 unspecified atom stereocenters. The molecular formula is C20H20Br2N2O4. The lowest BCUT2D eigenvalue weighted by Crippen LogP contribution is -1.98. The van der Waals surface area contributed by atoms with Crippen molar-refractivity contribution < 1.29 is 18.9 Å². The molecule has 3 aromatic rings. The number of aryl methyl sites for hydroxylation is 1. The highest BCUT2D eigenvalue weighted by Crippen LogP contribution is 2.46. The van der Waals surface area contributed by atoms with Gasteiger partial charge >= 0.3 is 0 Å². The summed E-state index contributed by atoms with van der Waals surface area (Å²) in [5.41, 5.74) is 3.42. The van der Waals surface area contributed by atoms with Gasteiger partial charge in [0.05, 0.1) is 46.2 Å². The number of ether oxygens (including phenoxy) is 4. The molecule has 0 aliphatic carbocycles. The first-order valence-corrected chi connectivity index (χ1v) is 9.89. The van der Waals surface area contributed by atoms with Crippen LogP contribution in [0.4, 0.5) is 0 Å². The van der Waals surface area contributed by atoms with E-state index in [0.29, 0.717) is 23.0 Å². The van der Waals surface area contributed by atoms with Crippen LogP contribution in [0.25, 0.3) is 22.5 Å². The number of methoxy groups -OCH3 is 4. The number of imidazole rings is 1. The van der Waals surface area contributed by atoms with E-state index in [2.05, 4.69) is 36.8 Å². The van der Waals surface area contributed by atoms with E-state index in [1.54, 1.807) is 34.8 Å². The molecule has 0 amide bonds. The van der Waals surface area contributed by atoms with E-state index in [9.17, 15) is 0 Å². The molecule has 0 atom stereocenters. The first kappa shape index (κ1) is 20.5. The SMILES string of the molecule is COc1cc(-c2ncn(C)c2-c2ccc(OC)c(Br)c2OC)cc(OC)c1Br. The Labute approximate surface area is 180 Å². The molecule has 0 bridgehead atoms. The van der Waals surface area contributed by atoms with Gasteiger partial charge in [0.1, 0.15) is 31.9 Å². The fourth-order valence-electron chi connectivity index (χ4n) is 3.05. The quantitative estimate of drug-likeness (QED) is 0.448. The maximum atomic E-state index is 5.67. The minimum atomic E-state index is 0.661. The molecule has 0 aliphatic heterocycles. The van der Waals surface area contributed by atoms with Gasteiger partial charge in [0.2, 0.25) is 0 Å². The maximum Gasteiger partial charge on any atom is 0.146 e. The Bertz CT molecular complexity index is 993. The molecule has 1 aromatic heterocycles. The van der Waals surface area contributed by atoms with Gasteiger partial charge in [-0.1, -0.05) is 0 Å². The summed E-state index contributed by atoms with van der Waals surface area (Å²) in [4.78, 5) is 4.62. The first-order valence-electron chi connectivity index (χ1n) is 8.30. The fraction of sp³-hybridized carbons (Fsp3) is 0.250. The number of aromatic nitrogens is 2. The molecule has 1 heterocycles. The summed E-state index contributed by atoms with van der Waals surface area (Å²) in [6.07, 6.45) is 1.77. The summed E-state index contributed by atoms with van der Waals surface area (Å²) in [7, 11) is 8.43. The number of halogens is 2. The van der Waals surface area contributed by atoms with Crippen LogP contribution >= 0.6 is 31.9 Å². The van der Waals surface area contributed by atoms with E-state index >= 15 is 0 Å². The Morgan fingerprint density at radius 2 is 1.43 bits per heavy atom. The second-order valence-electron chi connectivity index (χ2n) is 5.91. The predicted octanol–water partition coefficient (Wildman–Crippen LogP) is 5.31. The average molecular weight is 512 g/mol. The van der Waals surface area contributed by atoms with E-state index in [1.165, 1.54) is 0 Å². The molecule has 0 radical (unpaired) electrons. The molecule has 0 fully saturated rings. The van der Waals surface area contributed by atoms with Crippen molar-refractivity contribution in [1.29, 1.82) is 0 Å². The standard InChI is InChI=1S/C20H20Br2N2O4/c1-24-10-23-18(11-8-14(26-3)16(21)15(9-11)27-4)19(24)12-6-7-13(25-2)17(22)20(12)28-5/h6-10H,1-5H3. The Morgan fingerprint density at radius 1 is 0.821 bits per heavy atom. The summed E-state index contributed by atoms with van der Waals surface area (Å²) in [6.45, 7) is 0. The third-order valence-corrected chi connectivity index (χ3v) is 5.93. The number of hydrogen-bond acceptors (Lipinski definition) is 5.